The summed E-state index contributed by atoms with van der Waals surface area (Å²) in [5.41, 5.74) is 8.27. The lowest BCUT2D eigenvalue weighted by Gasteiger charge is -2.36. The second kappa shape index (κ2) is 5.09. The van der Waals surface area contributed by atoms with Crippen LogP contribution in [0.25, 0.3) is 0 Å². The van der Waals surface area contributed by atoms with Gasteiger partial charge < -0.3 is 15.8 Å². The topological polar surface area (TPSA) is 47.3 Å². The number of anilines is 2. The third kappa shape index (κ3) is 3.09. The predicted octanol–water partition coefficient (Wildman–Crippen LogP) is 3.66. The number of benzene rings is 1. The lowest BCUT2D eigenvalue weighted by Crippen LogP contribution is -2.31. The molecule has 0 aromatic heterocycles. The van der Waals surface area contributed by atoms with Crippen molar-refractivity contribution in [2.45, 2.75) is 45.6 Å². The molecule has 0 aliphatic heterocycles. The first-order chi connectivity index (χ1) is 8.50. The molecule has 1 unspecified atom stereocenters. The van der Waals surface area contributed by atoms with Crippen molar-refractivity contribution in [2.24, 2.45) is 5.41 Å². The first-order valence-electron chi connectivity index (χ1n) is 6.70. The van der Waals surface area contributed by atoms with E-state index in [9.17, 15) is 0 Å². The van der Waals surface area contributed by atoms with E-state index in [-0.39, 0.29) is 0 Å². The molecule has 1 fully saturated rings. The van der Waals surface area contributed by atoms with Crippen LogP contribution < -0.4 is 15.8 Å². The van der Waals surface area contributed by atoms with Gasteiger partial charge in [0.05, 0.1) is 18.5 Å². The van der Waals surface area contributed by atoms with E-state index >= 15 is 0 Å². The molecule has 1 aliphatic carbocycles. The van der Waals surface area contributed by atoms with Crippen molar-refractivity contribution in [1.29, 1.82) is 0 Å². The highest BCUT2D eigenvalue weighted by Gasteiger charge is 2.27. The molecule has 18 heavy (non-hydrogen) atoms. The molecule has 0 radical (unpaired) electrons. The predicted molar refractivity (Wildman–Crippen MR) is 77.1 cm³/mol. The number of ether oxygens (including phenoxy) is 1. The van der Waals surface area contributed by atoms with Crippen LogP contribution in [0.1, 0.15) is 39.5 Å². The Bertz CT molecular complexity index is 415. The Morgan fingerprint density at radius 2 is 2.17 bits per heavy atom. The summed E-state index contributed by atoms with van der Waals surface area (Å²) in [6.07, 6.45) is 5.05. The molecule has 1 aromatic carbocycles. The van der Waals surface area contributed by atoms with Crippen molar-refractivity contribution in [3.63, 3.8) is 0 Å². The molecule has 0 heterocycles. The highest BCUT2D eigenvalue weighted by molar-refractivity contribution is 5.68. The molecule has 0 bridgehead atoms. The molecule has 3 nitrogen and oxygen atoms in total. The Morgan fingerprint density at radius 3 is 2.78 bits per heavy atom. The Balaban J connectivity index is 2.05. The monoisotopic (exact) mass is 248 g/mol. The smallest absolute Gasteiger partial charge is 0.121 e. The molecule has 1 saturated carbocycles. The Kier molecular flexibility index (Phi) is 3.69. The summed E-state index contributed by atoms with van der Waals surface area (Å²) >= 11 is 0. The van der Waals surface area contributed by atoms with Crippen LogP contribution in [0, 0.1) is 5.41 Å². The fraction of sp³-hybridized carbons (Fsp3) is 0.600. The number of hydrogen-bond donors (Lipinski definition) is 2. The van der Waals surface area contributed by atoms with Gasteiger partial charge in [0.25, 0.3) is 0 Å². The zero-order chi connectivity index (χ0) is 13.2. The van der Waals surface area contributed by atoms with E-state index in [0.29, 0.717) is 11.5 Å². The molecule has 3 N–H and O–H groups in total. The van der Waals surface area contributed by atoms with Crippen molar-refractivity contribution in [1.82, 2.24) is 0 Å². The van der Waals surface area contributed by atoms with Gasteiger partial charge in [0.15, 0.2) is 0 Å². The number of methoxy groups -OCH3 is 1. The van der Waals surface area contributed by atoms with Gasteiger partial charge in [0.2, 0.25) is 0 Å². The average molecular weight is 248 g/mol. The van der Waals surface area contributed by atoms with Gasteiger partial charge >= 0.3 is 0 Å². The molecular formula is C15H24N2O. The molecule has 3 heteroatoms. The minimum atomic E-state index is 0.442. The summed E-state index contributed by atoms with van der Waals surface area (Å²) < 4.78 is 5.17. The third-order valence-electron chi connectivity index (χ3n) is 3.82. The summed E-state index contributed by atoms with van der Waals surface area (Å²) in [7, 11) is 1.66. The van der Waals surface area contributed by atoms with E-state index in [1.165, 1.54) is 25.7 Å². The van der Waals surface area contributed by atoms with E-state index in [0.717, 1.165) is 17.1 Å². The molecule has 0 spiro atoms. The Morgan fingerprint density at radius 1 is 1.39 bits per heavy atom. The van der Waals surface area contributed by atoms with Crippen LogP contribution in [0.2, 0.25) is 0 Å². The van der Waals surface area contributed by atoms with Crippen LogP contribution in [-0.4, -0.2) is 13.2 Å². The number of nitrogen functional groups attached to an aromatic ring is 1. The van der Waals surface area contributed by atoms with Gasteiger partial charge in [-0.15, -0.1) is 0 Å². The van der Waals surface area contributed by atoms with Crippen LogP contribution in [0.5, 0.6) is 5.75 Å². The highest BCUT2D eigenvalue weighted by atomic mass is 16.5. The molecule has 2 rings (SSSR count). The Labute approximate surface area is 110 Å². The van der Waals surface area contributed by atoms with Gasteiger partial charge in [0.1, 0.15) is 5.75 Å². The fourth-order valence-electron chi connectivity index (χ4n) is 2.84. The van der Waals surface area contributed by atoms with E-state index in [2.05, 4.69) is 19.2 Å². The maximum atomic E-state index is 6.04. The standard InChI is InChI=1S/C15H24N2O/c1-15(2)8-4-5-11(10-15)17-14-7-6-12(18-3)9-13(14)16/h6-7,9,11,17H,4-5,8,10,16H2,1-3H3. The van der Waals surface area contributed by atoms with Gasteiger partial charge in [-0.3, -0.25) is 0 Å². The maximum Gasteiger partial charge on any atom is 0.121 e. The second-order valence-electron chi connectivity index (χ2n) is 6.06. The third-order valence-corrected chi connectivity index (χ3v) is 3.82. The van der Waals surface area contributed by atoms with Crippen LogP contribution in [-0.2, 0) is 0 Å². The summed E-state index contributed by atoms with van der Waals surface area (Å²) in [6.45, 7) is 4.69. The molecular weight excluding hydrogens is 224 g/mol. The van der Waals surface area contributed by atoms with Crippen molar-refractivity contribution >= 4 is 11.4 Å². The number of nitrogens with one attached hydrogen (secondary N) is 1. The van der Waals surface area contributed by atoms with Gasteiger partial charge in [0, 0.05) is 12.1 Å². The average Bonchev–Trinajstić information content (AvgIpc) is 2.30. The normalized spacial score (nSPS) is 22.5. The largest absolute Gasteiger partial charge is 0.497 e. The van der Waals surface area contributed by atoms with E-state index in [4.69, 9.17) is 10.5 Å². The van der Waals surface area contributed by atoms with Gasteiger partial charge in [-0.2, -0.15) is 0 Å². The van der Waals surface area contributed by atoms with Crippen LogP contribution >= 0.6 is 0 Å². The van der Waals surface area contributed by atoms with Crippen molar-refractivity contribution < 1.29 is 4.74 Å². The summed E-state index contributed by atoms with van der Waals surface area (Å²) in [6, 6.07) is 6.36. The van der Waals surface area contributed by atoms with Crippen molar-refractivity contribution in [2.75, 3.05) is 18.2 Å². The molecule has 1 aliphatic rings. The summed E-state index contributed by atoms with van der Waals surface area (Å²) in [4.78, 5) is 0. The Hall–Kier alpha value is -1.38. The van der Waals surface area contributed by atoms with Crippen LogP contribution in [0.4, 0.5) is 11.4 Å². The fourth-order valence-corrected chi connectivity index (χ4v) is 2.84. The minimum absolute atomic E-state index is 0.442. The van der Waals surface area contributed by atoms with Crippen LogP contribution in [0.3, 0.4) is 0 Å². The molecule has 0 saturated heterocycles. The quantitative estimate of drug-likeness (QED) is 0.802. The molecule has 100 valence electrons. The number of rotatable bonds is 3. The van der Waals surface area contributed by atoms with Crippen molar-refractivity contribution in [3.05, 3.63) is 18.2 Å². The molecule has 1 atom stereocenters. The van der Waals surface area contributed by atoms with Crippen molar-refractivity contribution in [3.8, 4) is 5.75 Å². The summed E-state index contributed by atoms with van der Waals surface area (Å²) in [5.74, 6) is 0.807. The van der Waals surface area contributed by atoms with Crippen LogP contribution in [0.15, 0.2) is 18.2 Å². The van der Waals surface area contributed by atoms with Gasteiger partial charge in [-0.1, -0.05) is 20.3 Å². The van der Waals surface area contributed by atoms with E-state index in [1.54, 1.807) is 7.11 Å². The number of nitrogens with two attached hydrogens (primary N) is 1. The first kappa shape index (κ1) is 13.1. The van der Waals surface area contributed by atoms with Gasteiger partial charge in [-0.25, -0.2) is 0 Å². The minimum Gasteiger partial charge on any atom is -0.497 e. The lowest BCUT2D eigenvalue weighted by atomic mass is 9.75. The second-order valence-corrected chi connectivity index (χ2v) is 6.06. The zero-order valence-electron chi connectivity index (χ0n) is 11.6. The SMILES string of the molecule is COc1ccc(NC2CCCC(C)(C)C2)c(N)c1. The number of hydrogen-bond acceptors (Lipinski definition) is 3. The zero-order valence-corrected chi connectivity index (χ0v) is 11.6. The molecule has 0 amide bonds. The van der Waals surface area contributed by atoms with E-state index in [1.807, 2.05) is 18.2 Å². The maximum absolute atomic E-state index is 6.04. The van der Waals surface area contributed by atoms with E-state index < -0.39 is 0 Å². The summed E-state index contributed by atoms with van der Waals surface area (Å²) in [5, 5.41) is 3.58. The van der Waals surface area contributed by atoms with Gasteiger partial charge in [-0.05, 0) is 36.8 Å². The molecule has 1 aromatic rings. The lowest BCUT2D eigenvalue weighted by molar-refractivity contribution is 0.229. The first-order valence-corrected chi connectivity index (χ1v) is 6.70. The highest BCUT2D eigenvalue weighted by Crippen LogP contribution is 2.37.